The molecule has 2 saturated heterocycles. The second-order valence-corrected chi connectivity index (χ2v) is 3.91. The Hall–Kier alpha value is -0.730. The maximum atomic E-state index is 4.42. The first-order chi connectivity index (χ1) is 6.42. The Morgan fingerprint density at radius 3 is 1.54 bits per heavy atom. The standard InChI is InChI=1S/C10H19N3/c1-11-10(12-6-2-3-7-12)13-8-4-5-9-13/h2-9H2,1H3. The Bertz CT molecular complexity index is 170. The second-order valence-electron chi connectivity index (χ2n) is 3.91. The molecule has 0 amide bonds. The minimum atomic E-state index is 1.21. The van der Waals surface area contributed by atoms with Crippen molar-refractivity contribution in [3.05, 3.63) is 0 Å². The quantitative estimate of drug-likeness (QED) is 0.412. The highest BCUT2D eigenvalue weighted by molar-refractivity contribution is 5.80. The molecule has 0 aliphatic carbocycles. The van der Waals surface area contributed by atoms with Gasteiger partial charge in [-0.1, -0.05) is 0 Å². The first-order valence-electron chi connectivity index (χ1n) is 5.38. The molecule has 0 radical (unpaired) electrons. The van der Waals surface area contributed by atoms with Crippen LogP contribution in [0.15, 0.2) is 4.99 Å². The van der Waals surface area contributed by atoms with Crippen LogP contribution < -0.4 is 0 Å². The summed E-state index contributed by atoms with van der Waals surface area (Å²) in [5.41, 5.74) is 0. The third kappa shape index (κ3) is 1.79. The maximum Gasteiger partial charge on any atom is 0.196 e. The molecule has 2 rings (SSSR count). The normalized spacial score (nSPS) is 22.5. The van der Waals surface area contributed by atoms with Gasteiger partial charge in [-0.25, -0.2) is 0 Å². The molecule has 13 heavy (non-hydrogen) atoms. The van der Waals surface area contributed by atoms with E-state index in [-0.39, 0.29) is 0 Å². The van der Waals surface area contributed by atoms with E-state index in [4.69, 9.17) is 0 Å². The van der Waals surface area contributed by atoms with Gasteiger partial charge in [-0.2, -0.15) is 0 Å². The van der Waals surface area contributed by atoms with E-state index in [1.807, 2.05) is 7.05 Å². The van der Waals surface area contributed by atoms with Gasteiger partial charge in [0.25, 0.3) is 0 Å². The van der Waals surface area contributed by atoms with Crippen molar-refractivity contribution in [3.8, 4) is 0 Å². The van der Waals surface area contributed by atoms with Crippen molar-refractivity contribution in [1.82, 2.24) is 9.80 Å². The molecule has 2 aliphatic heterocycles. The number of likely N-dealkylation sites (tertiary alicyclic amines) is 2. The average Bonchev–Trinajstić information content (AvgIpc) is 2.76. The van der Waals surface area contributed by atoms with E-state index in [0.717, 1.165) is 0 Å². The first kappa shape index (κ1) is 8.85. The summed E-state index contributed by atoms with van der Waals surface area (Å²) in [6, 6.07) is 0. The maximum absolute atomic E-state index is 4.42. The van der Waals surface area contributed by atoms with Crippen molar-refractivity contribution >= 4 is 5.96 Å². The van der Waals surface area contributed by atoms with Crippen LogP contribution in [0.2, 0.25) is 0 Å². The molecule has 3 heteroatoms. The summed E-state index contributed by atoms with van der Waals surface area (Å²) in [6.45, 7) is 4.85. The Balaban J connectivity index is 1.99. The third-order valence-electron chi connectivity index (χ3n) is 2.98. The van der Waals surface area contributed by atoms with Crippen LogP contribution in [-0.4, -0.2) is 49.0 Å². The van der Waals surface area contributed by atoms with Gasteiger partial charge < -0.3 is 9.80 Å². The highest BCUT2D eigenvalue weighted by Gasteiger charge is 2.23. The van der Waals surface area contributed by atoms with Gasteiger partial charge in [0.15, 0.2) is 5.96 Å². The molecule has 0 bridgehead atoms. The molecule has 0 unspecified atom stereocenters. The smallest absolute Gasteiger partial charge is 0.196 e. The molecule has 0 atom stereocenters. The fourth-order valence-corrected chi connectivity index (χ4v) is 2.32. The molecule has 0 spiro atoms. The summed E-state index contributed by atoms with van der Waals surface area (Å²) < 4.78 is 0. The van der Waals surface area contributed by atoms with Crippen LogP contribution in [0.1, 0.15) is 25.7 Å². The fourth-order valence-electron chi connectivity index (χ4n) is 2.32. The number of guanidine groups is 1. The van der Waals surface area contributed by atoms with Gasteiger partial charge >= 0.3 is 0 Å². The molecule has 2 heterocycles. The molecule has 2 aliphatic rings. The van der Waals surface area contributed by atoms with Crippen molar-refractivity contribution in [2.75, 3.05) is 33.2 Å². The van der Waals surface area contributed by atoms with E-state index < -0.39 is 0 Å². The van der Waals surface area contributed by atoms with E-state index in [0.29, 0.717) is 0 Å². The van der Waals surface area contributed by atoms with Crippen molar-refractivity contribution in [3.63, 3.8) is 0 Å². The predicted molar refractivity (Wildman–Crippen MR) is 55.0 cm³/mol. The van der Waals surface area contributed by atoms with E-state index in [1.165, 1.54) is 57.8 Å². The summed E-state index contributed by atoms with van der Waals surface area (Å²) >= 11 is 0. The largest absolute Gasteiger partial charge is 0.343 e. The zero-order chi connectivity index (χ0) is 9.10. The monoisotopic (exact) mass is 181 g/mol. The topological polar surface area (TPSA) is 18.8 Å². The highest BCUT2D eigenvalue weighted by Crippen LogP contribution is 2.15. The Morgan fingerprint density at radius 2 is 1.23 bits per heavy atom. The zero-order valence-corrected chi connectivity index (χ0v) is 8.50. The summed E-state index contributed by atoms with van der Waals surface area (Å²) in [6.07, 6.45) is 5.36. The van der Waals surface area contributed by atoms with Gasteiger partial charge in [0.1, 0.15) is 0 Å². The third-order valence-corrected chi connectivity index (χ3v) is 2.98. The first-order valence-corrected chi connectivity index (χ1v) is 5.38. The zero-order valence-electron chi connectivity index (χ0n) is 8.50. The van der Waals surface area contributed by atoms with Crippen molar-refractivity contribution in [2.24, 2.45) is 4.99 Å². The van der Waals surface area contributed by atoms with Crippen LogP contribution in [0, 0.1) is 0 Å². The molecule has 0 aromatic rings. The molecule has 0 aromatic heterocycles. The van der Waals surface area contributed by atoms with E-state index in [9.17, 15) is 0 Å². The molecule has 2 fully saturated rings. The lowest BCUT2D eigenvalue weighted by atomic mass is 10.4. The molecular formula is C10H19N3. The van der Waals surface area contributed by atoms with Gasteiger partial charge in [0.2, 0.25) is 0 Å². The molecule has 0 aromatic carbocycles. The van der Waals surface area contributed by atoms with Crippen LogP contribution in [0.4, 0.5) is 0 Å². The minimum absolute atomic E-state index is 1.21. The number of aliphatic imine (C=N–C) groups is 1. The van der Waals surface area contributed by atoms with Crippen LogP contribution in [0.3, 0.4) is 0 Å². The van der Waals surface area contributed by atoms with Gasteiger partial charge in [-0.05, 0) is 25.7 Å². The number of hydrogen-bond acceptors (Lipinski definition) is 1. The van der Waals surface area contributed by atoms with Gasteiger partial charge in [-0.15, -0.1) is 0 Å². The lowest BCUT2D eigenvalue weighted by Gasteiger charge is -2.27. The second kappa shape index (κ2) is 3.99. The van der Waals surface area contributed by atoms with Crippen LogP contribution >= 0.6 is 0 Å². The summed E-state index contributed by atoms with van der Waals surface area (Å²) in [4.78, 5) is 9.29. The lowest BCUT2D eigenvalue weighted by molar-refractivity contribution is 0.394. The van der Waals surface area contributed by atoms with Gasteiger partial charge in [0, 0.05) is 33.2 Å². The minimum Gasteiger partial charge on any atom is -0.343 e. The average molecular weight is 181 g/mol. The number of rotatable bonds is 0. The number of hydrogen-bond donors (Lipinski definition) is 0. The van der Waals surface area contributed by atoms with Crippen molar-refractivity contribution in [1.29, 1.82) is 0 Å². The summed E-state index contributed by atoms with van der Waals surface area (Å²) in [5.74, 6) is 1.25. The molecular weight excluding hydrogens is 162 g/mol. The fraction of sp³-hybridized carbons (Fsp3) is 0.900. The lowest BCUT2D eigenvalue weighted by Crippen LogP contribution is -2.41. The van der Waals surface area contributed by atoms with Crippen LogP contribution in [-0.2, 0) is 0 Å². The molecule has 74 valence electrons. The molecule has 0 saturated carbocycles. The summed E-state index contributed by atoms with van der Waals surface area (Å²) in [5, 5.41) is 0. The predicted octanol–water partition coefficient (Wildman–Crippen LogP) is 1.16. The Labute approximate surface area is 80.4 Å². The Morgan fingerprint density at radius 1 is 0.846 bits per heavy atom. The molecule has 0 N–H and O–H groups in total. The van der Waals surface area contributed by atoms with E-state index >= 15 is 0 Å². The van der Waals surface area contributed by atoms with Crippen LogP contribution in [0.25, 0.3) is 0 Å². The summed E-state index contributed by atoms with van der Waals surface area (Å²) in [7, 11) is 1.92. The number of nitrogens with zero attached hydrogens (tertiary/aromatic N) is 3. The molecule has 3 nitrogen and oxygen atoms in total. The van der Waals surface area contributed by atoms with E-state index in [1.54, 1.807) is 0 Å². The Kier molecular flexibility index (Phi) is 2.71. The van der Waals surface area contributed by atoms with Crippen molar-refractivity contribution < 1.29 is 0 Å². The van der Waals surface area contributed by atoms with Crippen molar-refractivity contribution in [2.45, 2.75) is 25.7 Å². The van der Waals surface area contributed by atoms with Gasteiger partial charge in [0.05, 0.1) is 0 Å². The van der Waals surface area contributed by atoms with Crippen LogP contribution in [0.5, 0.6) is 0 Å². The highest BCUT2D eigenvalue weighted by atomic mass is 15.4. The van der Waals surface area contributed by atoms with Gasteiger partial charge in [-0.3, -0.25) is 4.99 Å². The van der Waals surface area contributed by atoms with E-state index in [2.05, 4.69) is 14.8 Å². The SMILES string of the molecule is CN=C(N1CCCC1)N1CCCC1.